The van der Waals surface area contributed by atoms with E-state index in [4.69, 9.17) is 0 Å². The largest absolute Gasteiger partial charge is 0.434 e. The van der Waals surface area contributed by atoms with Crippen molar-refractivity contribution in [2.24, 2.45) is 11.8 Å². The molecule has 0 heterocycles. The Morgan fingerprint density at radius 2 is 1.86 bits per heavy atom. The Morgan fingerprint density at radius 1 is 1.19 bits per heavy atom. The Labute approximate surface area is 126 Å². The molecule has 1 N–H and O–H groups in total. The van der Waals surface area contributed by atoms with Crippen molar-refractivity contribution in [3.8, 4) is 5.75 Å². The molecule has 0 unspecified atom stereocenters. The summed E-state index contributed by atoms with van der Waals surface area (Å²) in [5.41, 5.74) is 1.86. The van der Waals surface area contributed by atoms with Gasteiger partial charge in [0.1, 0.15) is 5.75 Å². The fraction of sp³-hybridized carbons (Fsp3) is 0.529. The monoisotopic (exact) mass is 297 g/mol. The Hall–Kier alpha value is -1.42. The molecule has 118 valence electrons. The van der Waals surface area contributed by atoms with Gasteiger partial charge in [-0.2, -0.15) is 8.78 Å². The molecule has 0 aliphatic rings. The maximum absolute atomic E-state index is 12.4. The molecule has 0 atom stereocenters. The molecule has 21 heavy (non-hydrogen) atoms. The van der Waals surface area contributed by atoms with Crippen molar-refractivity contribution in [1.82, 2.24) is 5.32 Å². The lowest BCUT2D eigenvalue weighted by molar-refractivity contribution is -0.0499. The van der Waals surface area contributed by atoms with Gasteiger partial charge < -0.3 is 10.1 Å². The van der Waals surface area contributed by atoms with Crippen molar-refractivity contribution in [3.05, 3.63) is 35.4 Å². The molecule has 4 heteroatoms. The highest BCUT2D eigenvalue weighted by Crippen LogP contribution is 2.24. The predicted octanol–water partition coefficient (Wildman–Crippen LogP) is 4.57. The summed E-state index contributed by atoms with van der Waals surface area (Å²) in [6.45, 7) is 7.37. The van der Waals surface area contributed by atoms with E-state index in [0.29, 0.717) is 17.4 Å². The summed E-state index contributed by atoms with van der Waals surface area (Å²) in [7, 11) is 0. The first-order chi connectivity index (χ1) is 9.90. The summed E-state index contributed by atoms with van der Waals surface area (Å²) < 4.78 is 29.4. The molecule has 0 aromatic heterocycles. The molecule has 2 nitrogen and oxygen atoms in total. The molecule has 0 spiro atoms. The van der Waals surface area contributed by atoms with Gasteiger partial charge in [-0.05, 0) is 24.4 Å². The van der Waals surface area contributed by atoms with Crippen LogP contribution in [-0.2, 0) is 0 Å². The van der Waals surface area contributed by atoms with E-state index in [1.807, 2.05) is 12.1 Å². The zero-order valence-corrected chi connectivity index (χ0v) is 13.2. The van der Waals surface area contributed by atoms with Crippen LogP contribution in [0.4, 0.5) is 8.78 Å². The van der Waals surface area contributed by atoms with Gasteiger partial charge in [0.15, 0.2) is 0 Å². The molecule has 0 amide bonds. The number of nitrogens with one attached hydrogen (secondary N) is 1. The molecule has 0 radical (unpaired) electrons. The molecule has 1 rings (SSSR count). The van der Waals surface area contributed by atoms with Crippen molar-refractivity contribution >= 4 is 6.08 Å². The van der Waals surface area contributed by atoms with E-state index in [9.17, 15) is 8.78 Å². The highest BCUT2D eigenvalue weighted by atomic mass is 19.3. The first-order valence-corrected chi connectivity index (χ1v) is 7.35. The molecule has 0 saturated heterocycles. The quantitative estimate of drug-likeness (QED) is 0.758. The zero-order chi connectivity index (χ0) is 15.8. The number of hydrogen-bond acceptors (Lipinski definition) is 2. The van der Waals surface area contributed by atoms with Crippen LogP contribution in [0.25, 0.3) is 6.08 Å². The normalized spacial score (nSPS) is 12.5. The minimum atomic E-state index is -2.80. The van der Waals surface area contributed by atoms with Gasteiger partial charge in [-0.15, -0.1) is 0 Å². The third-order valence-electron chi connectivity index (χ3n) is 3.10. The lowest BCUT2D eigenvalue weighted by atomic mass is 9.99. The Bertz CT molecular complexity index is 456. The highest BCUT2D eigenvalue weighted by molar-refractivity contribution is 5.60. The standard InChI is InChI=1S/C17H25F2NO/c1-12(2)10-20-11-15(13(3)4)9-14-7-5-6-8-16(14)21-17(18)19/h5-9,12-13,17,20H,10-11H2,1-4H3. The average molecular weight is 297 g/mol. The van der Waals surface area contributed by atoms with Crippen LogP contribution < -0.4 is 10.1 Å². The van der Waals surface area contributed by atoms with E-state index in [1.165, 1.54) is 5.57 Å². The Kier molecular flexibility index (Phi) is 7.37. The van der Waals surface area contributed by atoms with Crippen molar-refractivity contribution in [2.75, 3.05) is 13.1 Å². The Morgan fingerprint density at radius 3 is 2.43 bits per heavy atom. The molecule has 1 aromatic rings. The van der Waals surface area contributed by atoms with Gasteiger partial charge >= 0.3 is 6.61 Å². The molecule has 0 fully saturated rings. The lowest BCUT2D eigenvalue weighted by Crippen LogP contribution is -2.23. The fourth-order valence-corrected chi connectivity index (χ4v) is 1.93. The number of rotatable bonds is 8. The van der Waals surface area contributed by atoms with Gasteiger partial charge in [-0.25, -0.2) is 0 Å². The summed E-state index contributed by atoms with van der Waals surface area (Å²) in [6.07, 6.45) is 1.94. The molecule has 0 bridgehead atoms. The summed E-state index contributed by atoms with van der Waals surface area (Å²) >= 11 is 0. The number of alkyl halides is 2. The van der Waals surface area contributed by atoms with Gasteiger partial charge in [0.05, 0.1) is 0 Å². The third-order valence-corrected chi connectivity index (χ3v) is 3.10. The minimum Gasteiger partial charge on any atom is -0.434 e. The second-order valence-corrected chi connectivity index (χ2v) is 5.82. The number of benzene rings is 1. The second-order valence-electron chi connectivity index (χ2n) is 5.82. The van der Waals surface area contributed by atoms with Crippen molar-refractivity contribution in [1.29, 1.82) is 0 Å². The van der Waals surface area contributed by atoms with Crippen molar-refractivity contribution in [2.45, 2.75) is 34.3 Å². The van der Waals surface area contributed by atoms with Crippen LogP contribution >= 0.6 is 0 Å². The van der Waals surface area contributed by atoms with Crippen LogP contribution in [0.3, 0.4) is 0 Å². The van der Waals surface area contributed by atoms with Gasteiger partial charge in [0.2, 0.25) is 0 Å². The van der Waals surface area contributed by atoms with Crippen LogP contribution in [0.15, 0.2) is 29.8 Å². The van der Waals surface area contributed by atoms with Crippen LogP contribution in [0.5, 0.6) is 5.75 Å². The van der Waals surface area contributed by atoms with Crippen LogP contribution in [0.1, 0.15) is 33.3 Å². The van der Waals surface area contributed by atoms with E-state index in [0.717, 1.165) is 13.1 Å². The third kappa shape index (κ3) is 6.71. The summed E-state index contributed by atoms with van der Waals surface area (Å²) in [5.74, 6) is 1.13. The molecule has 0 aliphatic carbocycles. The van der Waals surface area contributed by atoms with E-state index in [1.54, 1.807) is 18.2 Å². The van der Waals surface area contributed by atoms with E-state index in [-0.39, 0.29) is 5.75 Å². The number of halogens is 2. The summed E-state index contributed by atoms with van der Waals surface area (Å²) in [4.78, 5) is 0. The van der Waals surface area contributed by atoms with Crippen LogP contribution in [0, 0.1) is 11.8 Å². The van der Waals surface area contributed by atoms with E-state index < -0.39 is 6.61 Å². The SMILES string of the molecule is CC(C)CNCC(=Cc1ccccc1OC(F)F)C(C)C. The maximum atomic E-state index is 12.4. The zero-order valence-electron chi connectivity index (χ0n) is 13.2. The van der Waals surface area contributed by atoms with Crippen LogP contribution in [-0.4, -0.2) is 19.7 Å². The summed E-state index contributed by atoms with van der Waals surface area (Å²) in [5, 5.41) is 3.39. The molecular weight excluding hydrogens is 272 g/mol. The fourth-order valence-electron chi connectivity index (χ4n) is 1.93. The number of para-hydroxylation sites is 1. The molecule has 0 saturated carbocycles. The van der Waals surface area contributed by atoms with Gasteiger partial charge in [0.25, 0.3) is 0 Å². The number of hydrogen-bond donors (Lipinski definition) is 1. The maximum Gasteiger partial charge on any atom is 0.387 e. The van der Waals surface area contributed by atoms with E-state index >= 15 is 0 Å². The second kappa shape index (κ2) is 8.78. The van der Waals surface area contributed by atoms with Crippen molar-refractivity contribution in [3.63, 3.8) is 0 Å². The molecule has 0 aliphatic heterocycles. The number of ether oxygens (including phenoxy) is 1. The first-order valence-electron chi connectivity index (χ1n) is 7.35. The van der Waals surface area contributed by atoms with Gasteiger partial charge in [0, 0.05) is 12.1 Å². The minimum absolute atomic E-state index is 0.217. The van der Waals surface area contributed by atoms with Gasteiger partial charge in [-0.1, -0.05) is 57.5 Å². The average Bonchev–Trinajstić information content (AvgIpc) is 2.38. The lowest BCUT2D eigenvalue weighted by Gasteiger charge is -2.15. The Balaban J connectivity index is 2.89. The summed E-state index contributed by atoms with van der Waals surface area (Å²) in [6, 6.07) is 6.88. The predicted molar refractivity (Wildman–Crippen MR) is 83.6 cm³/mol. The smallest absolute Gasteiger partial charge is 0.387 e. The van der Waals surface area contributed by atoms with Crippen LogP contribution in [0.2, 0.25) is 0 Å². The topological polar surface area (TPSA) is 21.3 Å². The molecule has 1 aromatic carbocycles. The molecular formula is C17H25F2NO. The highest BCUT2D eigenvalue weighted by Gasteiger charge is 2.10. The first kappa shape index (κ1) is 17.6. The van der Waals surface area contributed by atoms with Gasteiger partial charge in [-0.3, -0.25) is 0 Å². The van der Waals surface area contributed by atoms with E-state index in [2.05, 4.69) is 37.7 Å². The van der Waals surface area contributed by atoms with Crippen molar-refractivity contribution < 1.29 is 13.5 Å².